The molecule has 1 fully saturated rings. The zero-order valence-electron chi connectivity index (χ0n) is 17.5. The summed E-state index contributed by atoms with van der Waals surface area (Å²) in [7, 11) is -1.93. The van der Waals surface area contributed by atoms with Crippen LogP contribution in [0, 0.1) is 20.8 Å². The van der Waals surface area contributed by atoms with Crippen molar-refractivity contribution in [1.82, 2.24) is 9.46 Å². The number of sulfonamides is 1. The van der Waals surface area contributed by atoms with Gasteiger partial charge in [-0.2, -0.15) is 4.31 Å². The predicted octanol–water partition coefficient (Wildman–Crippen LogP) is 3.85. The van der Waals surface area contributed by atoms with Crippen LogP contribution in [-0.4, -0.2) is 51.2 Å². The van der Waals surface area contributed by atoms with Crippen LogP contribution in [0.25, 0.3) is 10.6 Å². The minimum absolute atomic E-state index is 0.355. The second kappa shape index (κ2) is 8.05. The molecule has 0 N–H and O–H groups in total. The molecule has 0 saturated carbocycles. The standard InChI is InChI=1S/C21H25N3O4S2/c1-14-15(2)22-28-21(14)19-13-20(16(3)29-19)30(25,26)24-11-9-23(10-12-24)17-5-7-18(27-4)8-6-17/h5-8,13H,9-12H2,1-4H3. The smallest absolute Gasteiger partial charge is 0.244 e. The summed E-state index contributed by atoms with van der Waals surface area (Å²) in [6.07, 6.45) is 0. The molecule has 0 aliphatic carbocycles. The van der Waals surface area contributed by atoms with E-state index in [1.807, 2.05) is 45.0 Å². The Hall–Kier alpha value is -2.36. The van der Waals surface area contributed by atoms with E-state index in [2.05, 4.69) is 10.1 Å². The molecule has 160 valence electrons. The Morgan fingerprint density at radius 2 is 1.73 bits per heavy atom. The predicted molar refractivity (Wildman–Crippen MR) is 118 cm³/mol. The lowest BCUT2D eigenvalue weighted by Gasteiger charge is -2.35. The average molecular weight is 448 g/mol. The van der Waals surface area contributed by atoms with Gasteiger partial charge in [-0.3, -0.25) is 0 Å². The Balaban J connectivity index is 1.51. The van der Waals surface area contributed by atoms with Crippen molar-refractivity contribution in [2.24, 2.45) is 0 Å². The number of anilines is 1. The maximum absolute atomic E-state index is 13.3. The van der Waals surface area contributed by atoms with Crippen molar-refractivity contribution in [2.45, 2.75) is 25.7 Å². The molecule has 1 aromatic carbocycles. The van der Waals surface area contributed by atoms with Gasteiger partial charge in [-0.25, -0.2) is 8.42 Å². The minimum Gasteiger partial charge on any atom is -0.497 e. The van der Waals surface area contributed by atoms with Gasteiger partial charge in [-0.05, 0) is 51.1 Å². The summed E-state index contributed by atoms with van der Waals surface area (Å²) in [5.41, 5.74) is 2.82. The maximum atomic E-state index is 13.3. The van der Waals surface area contributed by atoms with Gasteiger partial charge in [0, 0.05) is 42.3 Å². The second-order valence-corrected chi connectivity index (χ2v) is 10.5. The van der Waals surface area contributed by atoms with E-state index >= 15 is 0 Å². The van der Waals surface area contributed by atoms with E-state index < -0.39 is 10.0 Å². The van der Waals surface area contributed by atoms with E-state index in [0.29, 0.717) is 36.8 Å². The Morgan fingerprint density at radius 3 is 2.30 bits per heavy atom. The van der Waals surface area contributed by atoms with Crippen molar-refractivity contribution >= 4 is 27.0 Å². The highest BCUT2D eigenvalue weighted by atomic mass is 32.2. The van der Waals surface area contributed by atoms with Gasteiger partial charge in [-0.15, -0.1) is 11.3 Å². The number of benzene rings is 1. The first-order valence-electron chi connectivity index (χ1n) is 9.74. The molecule has 0 atom stereocenters. The third-order valence-corrected chi connectivity index (χ3v) is 8.75. The van der Waals surface area contributed by atoms with Gasteiger partial charge < -0.3 is 14.2 Å². The van der Waals surface area contributed by atoms with Crippen molar-refractivity contribution in [2.75, 3.05) is 38.2 Å². The molecule has 3 heterocycles. The topological polar surface area (TPSA) is 75.9 Å². The average Bonchev–Trinajstić information content (AvgIpc) is 3.30. The first kappa shape index (κ1) is 20.9. The maximum Gasteiger partial charge on any atom is 0.244 e. The molecule has 30 heavy (non-hydrogen) atoms. The number of ether oxygens (including phenoxy) is 1. The number of aryl methyl sites for hydroxylation is 2. The van der Waals surface area contributed by atoms with E-state index in [0.717, 1.165) is 32.4 Å². The monoisotopic (exact) mass is 447 g/mol. The zero-order valence-corrected chi connectivity index (χ0v) is 19.1. The first-order valence-corrected chi connectivity index (χ1v) is 12.0. The van der Waals surface area contributed by atoms with Gasteiger partial charge >= 0.3 is 0 Å². The molecule has 1 aliphatic heterocycles. The van der Waals surface area contributed by atoms with Gasteiger partial charge in [0.1, 0.15) is 5.75 Å². The fourth-order valence-corrected chi connectivity index (χ4v) is 6.61. The van der Waals surface area contributed by atoms with Crippen molar-refractivity contribution < 1.29 is 17.7 Å². The SMILES string of the molecule is COc1ccc(N2CCN(S(=O)(=O)c3cc(-c4onc(C)c4C)sc3C)CC2)cc1. The number of piperazine rings is 1. The van der Waals surface area contributed by atoms with E-state index in [1.165, 1.54) is 11.3 Å². The quantitative estimate of drug-likeness (QED) is 0.591. The molecule has 1 aliphatic rings. The van der Waals surface area contributed by atoms with Crippen LogP contribution in [0.3, 0.4) is 0 Å². The molecule has 1 saturated heterocycles. The van der Waals surface area contributed by atoms with Crippen LogP contribution in [0.1, 0.15) is 16.1 Å². The summed E-state index contributed by atoms with van der Waals surface area (Å²) >= 11 is 1.42. The molecule has 2 aromatic heterocycles. The highest BCUT2D eigenvalue weighted by Gasteiger charge is 2.31. The Bertz CT molecular complexity index is 1140. The number of thiophene rings is 1. The molecule has 4 rings (SSSR count). The van der Waals surface area contributed by atoms with Crippen LogP contribution in [-0.2, 0) is 10.0 Å². The van der Waals surface area contributed by atoms with E-state index in [9.17, 15) is 8.42 Å². The minimum atomic E-state index is -3.57. The molecule has 3 aromatic rings. The lowest BCUT2D eigenvalue weighted by Crippen LogP contribution is -2.48. The number of hydrogen-bond donors (Lipinski definition) is 0. The molecular formula is C21H25N3O4S2. The van der Waals surface area contributed by atoms with Gasteiger partial charge in [-0.1, -0.05) is 5.16 Å². The number of nitrogens with zero attached hydrogens (tertiary/aromatic N) is 3. The summed E-state index contributed by atoms with van der Waals surface area (Å²) < 4.78 is 38.8. The van der Waals surface area contributed by atoms with Gasteiger partial charge in [0.25, 0.3) is 0 Å². The number of aromatic nitrogens is 1. The van der Waals surface area contributed by atoms with Crippen LogP contribution in [0.5, 0.6) is 5.75 Å². The van der Waals surface area contributed by atoms with Crippen molar-refractivity contribution in [3.8, 4) is 16.4 Å². The van der Waals surface area contributed by atoms with Crippen LogP contribution in [0.4, 0.5) is 5.69 Å². The first-order chi connectivity index (χ1) is 14.3. The fraction of sp³-hybridized carbons (Fsp3) is 0.381. The summed E-state index contributed by atoms with van der Waals surface area (Å²) in [5.74, 6) is 1.45. The fourth-order valence-electron chi connectivity index (χ4n) is 3.60. The summed E-state index contributed by atoms with van der Waals surface area (Å²) in [5, 5.41) is 3.99. The molecule has 0 spiro atoms. The van der Waals surface area contributed by atoms with Gasteiger partial charge in [0.05, 0.1) is 22.6 Å². The van der Waals surface area contributed by atoms with E-state index in [4.69, 9.17) is 9.26 Å². The number of rotatable bonds is 5. The van der Waals surface area contributed by atoms with Gasteiger partial charge in [0.2, 0.25) is 10.0 Å². The van der Waals surface area contributed by atoms with Crippen molar-refractivity contribution in [3.63, 3.8) is 0 Å². The lowest BCUT2D eigenvalue weighted by atomic mass is 10.2. The lowest BCUT2D eigenvalue weighted by molar-refractivity contribution is 0.384. The third kappa shape index (κ3) is 3.73. The third-order valence-electron chi connectivity index (χ3n) is 5.55. The Kier molecular flexibility index (Phi) is 5.61. The number of methoxy groups -OCH3 is 1. The summed E-state index contributed by atoms with van der Waals surface area (Å²) in [6, 6.07) is 9.56. The van der Waals surface area contributed by atoms with Crippen molar-refractivity contribution in [1.29, 1.82) is 0 Å². The molecule has 7 nitrogen and oxygen atoms in total. The van der Waals surface area contributed by atoms with Crippen LogP contribution >= 0.6 is 11.3 Å². The Morgan fingerprint density at radius 1 is 1.07 bits per heavy atom. The van der Waals surface area contributed by atoms with Crippen molar-refractivity contribution in [3.05, 3.63) is 46.5 Å². The molecule has 9 heteroatoms. The van der Waals surface area contributed by atoms with E-state index in [1.54, 1.807) is 17.5 Å². The highest BCUT2D eigenvalue weighted by molar-refractivity contribution is 7.89. The molecule has 0 bridgehead atoms. The molecular weight excluding hydrogens is 422 g/mol. The van der Waals surface area contributed by atoms with E-state index in [-0.39, 0.29) is 0 Å². The summed E-state index contributed by atoms with van der Waals surface area (Å²) in [6.45, 7) is 7.82. The highest BCUT2D eigenvalue weighted by Crippen LogP contribution is 2.37. The largest absolute Gasteiger partial charge is 0.497 e. The number of hydrogen-bond acceptors (Lipinski definition) is 7. The molecule has 0 amide bonds. The van der Waals surface area contributed by atoms with Crippen LogP contribution in [0.2, 0.25) is 0 Å². The Labute approximate surface area is 180 Å². The normalized spacial score (nSPS) is 15.5. The second-order valence-electron chi connectivity index (χ2n) is 7.34. The molecule has 0 unspecified atom stereocenters. The zero-order chi connectivity index (χ0) is 21.5. The molecule has 0 radical (unpaired) electrons. The van der Waals surface area contributed by atoms with Crippen LogP contribution < -0.4 is 9.64 Å². The summed E-state index contributed by atoms with van der Waals surface area (Å²) in [4.78, 5) is 4.10. The van der Waals surface area contributed by atoms with Gasteiger partial charge in [0.15, 0.2) is 5.76 Å². The van der Waals surface area contributed by atoms with Crippen LogP contribution in [0.15, 0.2) is 39.8 Å².